The summed E-state index contributed by atoms with van der Waals surface area (Å²) in [5.74, 6) is 2.92. The highest BCUT2D eigenvalue weighted by molar-refractivity contribution is 7.98. The maximum atomic E-state index is 5.28. The fourth-order valence-corrected chi connectivity index (χ4v) is 2.79. The number of benzene rings is 1. The molecule has 0 radical (unpaired) electrons. The molecule has 0 amide bonds. The van der Waals surface area contributed by atoms with Gasteiger partial charge in [-0.15, -0.1) is 0 Å². The standard InChI is InChI=1S/C16H20N2OS2/c20-16(17-9-8-14-5-2-1-3-6-14)18-10-12-21-13-15-7-4-11-19-15/h1-7,11H,8-10,12-13H2,(H2,17,18,20). The van der Waals surface area contributed by atoms with Crippen LogP contribution >= 0.6 is 24.0 Å². The monoisotopic (exact) mass is 320 g/mol. The second-order valence-corrected chi connectivity index (χ2v) is 6.06. The van der Waals surface area contributed by atoms with Crippen molar-refractivity contribution in [2.75, 3.05) is 18.8 Å². The first-order valence-corrected chi connectivity index (χ1v) is 8.56. The van der Waals surface area contributed by atoms with Crippen LogP contribution in [0.15, 0.2) is 53.1 Å². The number of rotatable bonds is 8. The van der Waals surface area contributed by atoms with Crippen LogP contribution in [0.1, 0.15) is 11.3 Å². The summed E-state index contributed by atoms with van der Waals surface area (Å²) >= 11 is 7.08. The molecule has 0 atom stereocenters. The zero-order valence-electron chi connectivity index (χ0n) is 11.9. The fourth-order valence-electron chi connectivity index (χ4n) is 1.83. The third kappa shape index (κ3) is 6.69. The molecule has 0 saturated carbocycles. The number of furan rings is 1. The third-order valence-electron chi connectivity index (χ3n) is 2.90. The molecule has 3 nitrogen and oxygen atoms in total. The lowest BCUT2D eigenvalue weighted by Crippen LogP contribution is -2.37. The van der Waals surface area contributed by atoms with Crippen LogP contribution in [0.2, 0.25) is 0 Å². The number of nitrogens with one attached hydrogen (secondary N) is 2. The van der Waals surface area contributed by atoms with Crippen LogP contribution in [-0.2, 0) is 12.2 Å². The van der Waals surface area contributed by atoms with Crippen LogP contribution in [0.4, 0.5) is 0 Å². The Balaban J connectivity index is 1.48. The fraction of sp³-hybridized carbons (Fsp3) is 0.312. The zero-order valence-corrected chi connectivity index (χ0v) is 13.5. The molecule has 2 aromatic rings. The predicted molar refractivity (Wildman–Crippen MR) is 93.6 cm³/mol. The highest BCUT2D eigenvalue weighted by atomic mass is 32.2. The van der Waals surface area contributed by atoms with Gasteiger partial charge in [0.25, 0.3) is 0 Å². The van der Waals surface area contributed by atoms with Crippen molar-refractivity contribution in [2.24, 2.45) is 0 Å². The van der Waals surface area contributed by atoms with Gasteiger partial charge in [0, 0.05) is 18.8 Å². The molecule has 0 unspecified atom stereocenters. The Hall–Kier alpha value is -1.46. The van der Waals surface area contributed by atoms with Gasteiger partial charge in [-0.2, -0.15) is 11.8 Å². The minimum absolute atomic E-state index is 0.726. The second-order valence-electron chi connectivity index (χ2n) is 4.55. The first kappa shape index (κ1) is 15.9. The topological polar surface area (TPSA) is 37.2 Å². The van der Waals surface area contributed by atoms with Crippen LogP contribution in [0.25, 0.3) is 0 Å². The molecular formula is C16H20N2OS2. The molecule has 112 valence electrons. The molecule has 2 rings (SSSR count). The second kappa shape index (κ2) is 9.47. The van der Waals surface area contributed by atoms with Gasteiger partial charge in [0.15, 0.2) is 5.11 Å². The predicted octanol–water partition coefficient (Wildman–Crippen LogP) is 3.22. The first-order chi connectivity index (χ1) is 10.3. The van der Waals surface area contributed by atoms with Crippen molar-refractivity contribution >= 4 is 29.1 Å². The molecule has 0 aliphatic carbocycles. The van der Waals surface area contributed by atoms with E-state index in [9.17, 15) is 0 Å². The summed E-state index contributed by atoms with van der Waals surface area (Å²) in [5, 5.41) is 7.17. The maximum Gasteiger partial charge on any atom is 0.166 e. The molecule has 0 aliphatic heterocycles. The summed E-state index contributed by atoms with van der Waals surface area (Å²) in [6, 6.07) is 14.3. The minimum Gasteiger partial charge on any atom is -0.468 e. The molecule has 21 heavy (non-hydrogen) atoms. The van der Waals surface area contributed by atoms with Crippen molar-refractivity contribution in [3.8, 4) is 0 Å². The summed E-state index contributed by atoms with van der Waals surface area (Å²) in [6.45, 7) is 1.72. The van der Waals surface area contributed by atoms with Crippen molar-refractivity contribution < 1.29 is 4.42 Å². The van der Waals surface area contributed by atoms with Gasteiger partial charge in [-0.05, 0) is 36.3 Å². The van der Waals surface area contributed by atoms with Gasteiger partial charge >= 0.3 is 0 Å². The van der Waals surface area contributed by atoms with E-state index in [1.165, 1.54) is 5.56 Å². The van der Waals surface area contributed by atoms with Crippen molar-refractivity contribution in [1.82, 2.24) is 10.6 Å². The maximum absolute atomic E-state index is 5.28. The molecule has 1 heterocycles. The van der Waals surface area contributed by atoms with E-state index in [4.69, 9.17) is 16.6 Å². The normalized spacial score (nSPS) is 10.3. The van der Waals surface area contributed by atoms with Gasteiger partial charge in [-0.25, -0.2) is 0 Å². The Kier molecular flexibility index (Phi) is 7.18. The van der Waals surface area contributed by atoms with Crippen LogP contribution < -0.4 is 10.6 Å². The van der Waals surface area contributed by atoms with Crippen molar-refractivity contribution in [1.29, 1.82) is 0 Å². The zero-order chi connectivity index (χ0) is 14.8. The Labute approximate surface area is 135 Å². The minimum atomic E-state index is 0.726. The van der Waals surface area contributed by atoms with E-state index in [0.29, 0.717) is 0 Å². The molecular weight excluding hydrogens is 300 g/mol. The van der Waals surface area contributed by atoms with E-state index in [2.05, 4.69) is 34.9 Å². The van der Waals surface area contributed by atoms with Crippen molar-refractivity contribution in [3.05, 3.63) is 60.1 Å². The average Bonchev–Trinajstić information content (AvgIpc) is 3.01. The van der Waals surface area contributed by atoms with Crippen molar-refractivity contribution in [3.63, 3.8) is 0 Å². The van der Waals surface area contributed by atoms with E-state index < -0.39 is 0 Å². The van der Waals surface area contributed by atoms with E-state index in [-0.39, 0.29) is 0 Å². The lowest BCUT2D eigenvalue weighted by atomic mass is 10.1. The van der Waals surface area contributed by atoms with Crippen molar-refractivity contribution in [2.45, 2.75) is 12.2 Å². The van der Waals surface area contributed by atoms with Crippen LogP contribution in [0.5, 0.6) is 0 Å². The summed E-state index contributed by atoms with van der Waals surface area (Å²) in [7, 11) is 0. The van der Waals surface area contributed by atoms with Gasteiger partial charge in [0.1, 0.15) is 5.76 Å². The summed E-state index contributed by atoms with van der Waals surface area (Å²) in [6.07, 6.45) is 2.69. The molecule has 0 aliphatic rings. The quantitative estimate of drug-likeness (QED) is 0.577. The summed E-state index contributed by atoms with van der Waals surface area (Å²) < 4.78 is 5.28. The highest BCUT2D eigenvalue weighted by Crippen LogP contribution is 2.11. The Morgan fingerprint density at radius 3 is 2.62 bits per heavy atom. The van der Waals surface area contributed by atoms with Gasteiger partial charge in [0.05, 0.1) is 12.0 Å². The average molecular weight is 320 g/mol. The molecule has 2 N–H and O–H groups in total. The van der Waals surface area contributed by atoms with E-state index in [1.807, 2.05) is 30.0 Å². The van der Waals surface area contributed by atoms with Crippen LogP contribution in [0, 0.1) is 0 Å². The summed E-state index contributed by atoms with van der Waals surface area (Å²) in [4.78, 5) is 0. The van der Waals surface area contributed by atoms with Gasteiger partial charge < -0.3 is 15.1 Å². The molecule has 0 fully saturated rings. The smallest absolute Gasteiger partial charge is 0.166 e. The highest BCUT2D eigenvalue weighted by Gasteiger charge is 1.98. The number of hydrogen-bond acceptors (Lipinski definition) is 3. The van der Waals surface area contributed by atoms with E-state index in [1.54, 1.807) is 6.26 Å². The van der Waals surface area contributed by atoms with E-state index in [0.717, 1.165) is 41.9 Å². The molecule has 1 aromatic heterocycles. The third-order valence-corrected chi connectivity index (χ3v) is 4.17. The van der Waals surface area contributed by atoms with E-state index >= 15 is 0 Å². The Morgan fingerprint density at radius 2 is 1.86 bits per heavy atom. The van der Waals surface area contributed by atoms with Crippen LogP contribution in [0.3, 0.4) is 0 Å². The van der Waals surface area contributed by atoms with Gasteiger partial charge in [-0.3, -0.25) is 0 Å². The summed E-state index contributed by atoms with van der Waals surface area (Å²) in [5.41, 5.74) is 1.32. The molecule has 5 heteroatoms. The SMILES string of the molecule is S=C(NCCSCc1ccco1)NCCc1ccccc1. The lowest BCUT2D eigenvalue weighted by Gasteiger charge is -2.10. The van der Waals surface area contributed by atoms with Crippen LogP contribution in [-0.4, -0.2) is 24.0 Å². The van der Waals surface area contributed by atoms with Gasteiger partial charge in [-0.1, -0.05) is 30.3 Å². The first-order valence-electron chi connectivity index (χ1n) is 7.00. The number of hydrogen-bond donors (Lipinski definition) is 2. The Bertz CT molecular complexity index is 514. The lowest BCUT2D eigenvalue weighted by molar-refractivity contribution is 0.530. The molecule has 0 bridgehead atoms. The number of thiocarbonyl (C=S) groups is 1. The Morgan fingerprint density at radius 1 is 1.05 bits per heavy atom. The van der Waals surface area contributed by atoms with Gasteiger partial charge in [0.2, 0.25) is 0 Å². The molecule has 0 spiro atoms. The molecule has 0 saturated heterocycles. The number of thioether (sulfide) groups is 1. The molecule has 1 aromatic carbocycles. The largest absolute Gasteiger partial charge is 0.468 e.